The Balaban J connectivity index is 1.27. The quantitative estimate of drug-likeness (QED) is 0.804. The zero-order valence-electron chi connectivity index (χ0n) is 15.9. The monoisotopic (exact) mass is 372 g/mol. The SMILES string of the molecule is CC(OCC1CCCCO1)C(=O)N1CCC(c2nc3ccccc3o2)CC1. The van der Waals surface area contributed by atoms with Gasteiger partial charge in [0.15, 0.2) is 11.5 Å². The molecule has 1 aromatic carbocycles. The molecule has 0 bridgehead atoms. The molecule has 27 heavy (non-hydrogen) atoms. The lowest BCUT2D eigenvalue weighted by Gasteiger charge is -2.32. The first-order valence-electron chi connectivity index (χ1n) is 10.1. The van der Waals surface area contributed by atoms with Gasteiger partial charge in [-0.3, -0.25) is 4.79 Å². The first-order valence-corrected chi connectivity index (χ1v) is 10.1. The van der Waals surface area contributed by atoms with Crippen LogP contribution in [0.5, 0.6) is 0 Å². The van der Waals surface area contributed by atoms with Crippen LogP contribution in [0.2, 0.25) is 0 Å². The van der Waals surface area contributed by atoms with Crippen molar-refractivity contribution in [3.05, 3.63) is 30.2 Å². The molecule has 6 nitrogen and oxygen atoms in total. The van der Waals surface area contributed by atoms with Gasteiger partial charge in [0.2, 0.25) is 0 Å². The van der Waals surface area contributed by atoms with Gasteiger partial charge in [-0.05, 0) is 51.2 Å². The van der Waals surface area contributed by atoms with E-state index in [-0.39, 0.29) is 17.9 Å². The van der Waals surface area contributed by atoms with Crippen molar-refractivity contribution >= 4 is 17.0 Å². The van der Waals surface area contributed by atoms with Crippen LogP contribution >= 0.6 is 0 Å². The number of ether oxygens (including phenoxy) is 2. The van der Waals surface area contributed by atoms with Gasteiger partial charge in [-0.2, -0.15) is 0 Å². The van der Waals surface area contributed by atoms with Crippen LogP contribution in [0.4, 0.5) is 0 Å². The summed E-state index contributed by atoms with van der Waals surface area (Å²) >= 11 is 0. The van der Waals surface area contributed by atoms with Crippen LogP contribution in [-0.2, 0) is 14.3 Å². The minimum Gasteiger partial charge on any atom is -0.440 e. The molecule has 2 aromatic rings. The zero-order valence-corrected chi connectivity index (χ0v) is 15.9. The predicted molar refractivity (Wildman–Crippen MR) is 102 cm³/mol. The Labute approximate surface area is 159 Å². The van der Waals surface area contributed by atoms with Gasteiger partial charge in [-0.25, -0.2) is 4.98 Å². The lowest BCUT2D eigenvalue weighted by Crippen LogP contribution is -2.44. The van der Waals surface area contributed by atoms with Gasteiger partial charge in [0.05, 0.1) is 12.7 Å². The lowest BCUT2D eigenvalue weighted by atomic mass is 9.96. The second-order valence-corrected chi connectivity index (χ2v) is 7.58. The van der Waals surface area contributed by atoms with Crippen LogP contribution in [0.15, 0.2) is 28.7 Å². The molecule has 0 aliphatic carbocycles. The highest BCUT2D eigenvalue weighted by molar-refractivity contribution is 5.80. The zero-order chi connectivity index (χ0) is 18.6. The molecular formula is C21H28N2O4. The van der Waals surface area contributed by atoms with Gasteiger partial charge in [0.1, 0.15) is 11.6 Å². The Morgan fingerprint density at radius 1 is 1.26 bits per heavy atom. The van der Waals surface area contributed by atoms with Crippen molar-refractivity contribution in [2.24, 2.45) is 0 Å². The summed E-state index contributed by atoms with van der Waals surface area (Å²) in [6, 6.07) is 7.84. The number of carbonyl (C=O) groups is 1. The standard InChI is InChI=1S/C21H28N2O4/c1-15(26-14-17-6-4-5-13-25-17)21(24)23-11-9-16(10-12-23)20-22-18-7-2-3-8-19(18)27-20/h2-3,7-8,15-17H,4-6,9-14H2,1H3. The smallest absolute Gasteiger partial charge is 0.251 e. The van der Waals surface area contributed by atoms with Crippen LogP contribution in [0.3, 0.4) is 0 Å². The molecule has 2 unspecified atom stereocenters. The summed E-state index contributed by atoms with van der Waals surface area (Å²) in [4.78, 5) is 19.2. The molecule has 0 N–H and O–H groups in total. The Kier molecular flexibility index (Phi) is 5.74. The molecular weight excluding hydrogens is 344 g/mol. The highest BCUT2D eigenvalue weighted by Crippen LogP contribution is 2.30. The number of amides is 1. The number of likely N-dealkylation sites (tertiary alicyclic amines) is 1. The fraction of sp³-hybridized carbons (Fsp3) is 0.619. The molecule has 0 radical (unpaired) electrons. The van der Waals surface area contributed by atoms with Crippen LogP contribution in [0.1, 0.15) is 50.8 Å². The number of hydrogen-bond donors (Lipinski definition) is 0. The van der Waals surface area contributed by atoms with E-state index in [0.717, 1.165) is 62.4 Å². The average Bonchev–Trinajstić information content (AvgIpc) is 3.16. The van der Waals surface area contributed by atoms with Crippen LogP contribution < -0.4 is 0 Å². The third kappa shape index (κ3) is 4.33. The van der Waals surface area contributed by atoms with E-state index >= 15 is 0 Å². The third-order valence-electron chi connectivity index (χ3n) is 5.62. The molecule has 146 valence electrons. The fourth-order valence-corrected chi connectivity index (χ4v) is 3.93. The molecule has 2 aliphatic heterocycles. The summed E-state index contributed by atoms with van der Waals surface area (Å²) in [6.45, 7) is 4.59. The minimum absolute atomic E-state index is 0.0711. The van der Waals surface area contributed by atoms with Crippen LogP contribution in [-0.4, -0.2) is 54.3 Å². The minimum atomic E-state index is -0.420. The number of oxazole rings is 1. The maximum Gasteiger partial charge on any atom is 0.251 e. The summed E-state index contributed by atoms with van der Waals surface area (Å²) in [5.41, 5.74) is 1.73. The summed E-state index contributed by atoms with van der Waals surface area (Å²) in [5, 5.41) is 0. The summed E-state index contributed by atoms with van der Waals surface area (Å²) in [5.74, 6) is 1.14. The van der Waals surface area contributed by atoms with Gasteiger partial charge in [0.25, 0.3) is 5.91 Å². The van der Waals surface area contributed by atoms with E-state index in [9.17, 15) is 4.79 Å². The Morgan fingerprint density at radius 2 is 2.07 bits per heavy atom. The van der Waals surface area contributed by atoms with Crippen molar-refractivity contribution in [2.75, 3.05) is 26.3 Å². The summed E-state index contributed by atoms with van der Waals surface area (Å²) in [6.07, 6.45) is 4.79. The number of piperidine rings is 1. The maximum absolute atomic E-state index is 12.7. The molecule has 1 amide bonds. The van der Waals surface area contributed by atoms with Crippen molar-refractivity contribution in [2.45, 2.75) is 57.2 Å². The normalized spacial score (nSPS) is 22.9. The second kappa shape index (κ2) is 8.40. The van der Waals surface area contributed by atoms with Gasteiger partial charge >= 0.3 is 0 Å². The number of para-hydroxylation sites is 2. The molecule has 0 saturated carbocycles. The maximum atomic E-state index is 12.7. The number of hydrogen-bond acceptors (Lipinski definition) is 5. The van der Waals surface area contributed by atoms with E-state index in [2.05, 4.69) is 4.98 Å². The van der Waals surface area contributed by atoms with Gasteiger partial charge in [-0.15, -0.1) is 0 Å². The van der Waals surface area contributed by atoms with E-state index in [1.165, 1.54) is 6.42 Å². The largest absolute Gasteiger partial charge is 0.440 e. The first-order chi connectivity index (χ1) is 13.2. The highest BCUT2D eigenvalue weighted by atomic mass is 16.5. The van der Waals surface area contributed by atoms with Crippen molar-refractivity contribution in [1.29, 1.82) is 0 Å². The van der Waals surface area contributed by atoms with Crippen molar-refractivity contribution in [3.8, 4) is 0 Å². The highest BCUT2D eigenvalue weighted by Gasteiger charge is 2.30. The number of rotatable bonds is 5. The van der Waals surface area contributed by atoms with Crippen LogP contribution in [0.25, 0.3) is 11.1 Å². The predicted octanol–water partition coefficient (Wildman–Crippen LogP) is 3.51. The molecule has 1 aromatic heterocycles. The summed E-state index contributed by atoms with van der Waals surface area (Å²) < 4.78 is 17.4. The second-order valence-electron chi connectivity index (χ2n) is 7.58. The summed E-state index contributed by atoms with van der Waals surface area (Å²) in [7, 11) is 0. The number of nitrogens with zero attached hydrogens (tertiary/aromatic N) is 2. The molecule has 2 aliphatic rings. The van der Waals surface area contributed by atoms with Crippen molar-refractivity contribution in [3.63, 3.8) is 0 Å². The van der Waals surface area contributed by atoms with Crippen molar-refractivity contribution < 1.29 is 18.7 Å². The molecule has 3 heterocycles. The Bertz CT molecular complexity index is 727. The molecule has 0 spiro atoms. The van der Waals surface area contributed by atoms with Crippen molar-refractivity contribution in [1.82, 2.24) is 9.88 Å². The molecule has 6 heteroatoms. The Morgan fingerprint density at radius 3 is 2.81 bits per heavy atom. The fourth-order valence-electron chi connectivity index (χ4n) is 3.93. The number of fused-ring (bicyclic) bond motifs is 1. The first kappa shape index (κ1) is 18.4. The molecule has 2 saturated heterocycles. The third-order valence-corrected chi connectivity index (χ3v) is 5.62. The number of benzene rings is 1. The molecule has 2 fully saturated rings. The van der Waals surface area contributed by atoms with Gasteiger partial charge < -0.3 is 18.8 Å². The van der Waals surface area contributed by atoms with E-state index in [4.69, 9.17) is 13.9 Å². The number of carbonyl (C=O) groups excluding carboxylic acids is 1. The van der Waals surface area contributed by atoms with E-state index in [1.807, 2.05) is 36.1 Å². The number of aromatic nitrogens is 1. The molecule has 4 rings (SSSR count). The average molecular weight is 372 g/mol. The van der Waals surface area contributed by atoms with Gasteiger partial charge in [-0.1, -0.05) is 12.1 Å². The van der Waals surface area contributed by atoms with E-state index in [0.29, 0.717) is 6.61 Å². The Hall–Kier alpha value is -1.92. The van der Waals surface area contributed by atoms with E-state index in [1.54, 1.807) is 0 Å². The molecule has 2 atom stereocenters. The topological polar surface area (TPSA) is 64.8 Å². The van der Waals surface area contributed by atoms with Crippen LogP contribution in [0, 0.1) is 0 Å². The van der Waals surface area contributed by atoms with Gasteiger partial charge in [0, 0.05) is 25.6 Å². The lowest BCUT2D eigenvalue weighted by molar-refractivity contribution is -0.147. The van der Waals surface area contributed by atoms with E-state index < -0.39 is 6.10 Å².